The van der Waals surface area contributed by atoms with Gasteiger partial charge in [0, 0.05) is 12.1 Å². The minimum Gasteiger partial charge on any atom is -0.393 e. The predicted molar refractivity (Wildman–Crippen MR) is 49.9 cm³/mol. The smallest absolute Gasteiger partial charge is 0.269 e. The number of hydrogen-bond acceptors (Lipinski definition) is 4. The maximum Gasteiger partial charge on any atom is 0.269 e. The van der Waals surface area contributed by atoms with Crippen molar-refractivity contribution in [2.24, 2.45) is 0 Å². The van der Waals surface area contributed by atoms with E-state index in [0.717, 1.165) is 5.56 Å². The maximum atomic E-state index is 10.4. The maximum absolute atomic E-state index is 10.4. The Morgan fingerprint density at radius 2 is 2.21 bits per heavy atom. The molecular weight excluding hydrogens is 186 g/mol. The summed E-state index contributed by atoms with van der Waals surface area (Å²) in [6, 6.07) is 4.19. The molecule has 0 bridgehead atoms. The molecule has 0 aliphatic heterocycles. The van der Waals surface area contributed by atoms with E-state index >= 15 is 0 Å². The molecule has 1 aromatic carbocycles. The Labute approximate surface area is 80.8 Å². The number of nitro benzene ring substituents is 1. The molecule has 5 nitrogen and oxygen atoms in total. The molecule has 0 amide bonds. The van der Waals surface area contributed by atoms with E-state index in [9.17, 15) is 15.2 Å². The van der Waals surface area contributed by atoms with Gasteiger partial charge in [-0.2, -0.15) is 0 Å². The third-order valence-corrected chi connectivity index (χ3v) is 2.01. The fourth-order valence-electron chi connectivity index (χ4n) is 1.20. The van der Waals surface area contributed by atoms with Gasteiger partial charge >= 0.3 is 0 Å². The number of aryl methyl sites for hydroxylation is 1. The number of aliphatic hydroxyl groups excluding tert-OH is 2. The van der Waals surface area contributed by atoms with Gasteiger partial charge in [-0.3, -0.25) is 10.1 Å². The second-order valence-corrected chi connectivity index (χ2v) is 3.00. The van der Waals surface area contributed by atoms with Crippen molar-refractivity contribution in [3.63, 3.8) is 0 Å². The lowest BCUT2D eigenvalue weighted by Crippen LogP contribution is -2.05. The van der Waals surface area contributed by atoms with E-state index in [0.29, 0.717) is 5.56 Å². The van der Waals surface area contributed by atoms with Gasteiger partial charge in [0.25, 0.3) is 5.69 Å². The Morgan fingerprint density at radius 3 is 2.71 bits per heavy atom. The zero-order chi connectivity index (χ0) is 10.7. The first kappa shape index (κ1) is 10.6. The fraction of sp³-hybridized carbons (Fsp3) is 0.333. The lowest BCUT2D eigenvalue weighted by atomic mass is 10.0. The van der Waals surface area contributed by atoms with Crippen molar-refractivity contribution in [1.29, 1.82) is 0 Å². The van der Waals surface area contributed by atoms with Crippen LogP contribution in [0.15, 0.2) is 18.2 Å². The fourth-order valence-corrected chi connectivity index (χ4v) is 1.20. The molecule has 1 rings (SSSR count). The van der Waals surface area contributed by atoms with Crippen LogP contribution in [0.4, 0.5) is 5.69 Å². The van der Waals surface area contributed by atoms with E-state index < -0.39 is 17.6 Å². The monoisotopic (exact) mass is 197 g/mol. The number of hydrogen-bond donors (Lipinski definition) is 2. The summed E-state index contributed by atoms with van der Waals surface area (Å²) in [4.78, 5) is 9.90. The number of aliphatic hydroxyl groups is 2. The van der Waals surface area contributed by atoms with Gasteiger partial charge in [0.2, 0.25) is 0 Å². The van der Waals surface area contributed by atoms with E-state index in [1.807, 2.05) is 0 Å². The van der Waals surface area contributed by atoms with Crippen LogP contribution in [0.2, 0.25) is 0 Å². The molecule has 0 aliphatic carbocycles. The highest BCUT2D eigenvalue weighted by molar-refractivity contribution is 5.40. The second-order valence-electron chi connectivity index (χ2n) is 3.00. The summed E-state index contributed by atoms with van der Waals surface area (Å²) < 4.78 is 0. The van der Waals surface area contributed by atoms with Crippen LogP contribution in [0.3, 0.4) is 0 Å². The molecule has 0 spiro atoms. The van der Waals surface area contributed by atoms with Gasteiger partial charge in [0.1, 0.15) is 6.10 Å². The van der Waals surface area contributed by atoms with Gasteiger partial charge in [-0.1, -0.05) is 6.07 Å². The standard InChI is InChI=1S/C9H11NO4/c1-6-2-3-7(10(13)14)4-8(6)9(12)5-11/h2-4,9,11-12H,5H2,1H3. The number of non-ortho nitro benzene ring substituents is 1. The van der Waals surface area contributed by atoms with Crippen molar-refractivity contribution in [3.05, 3.63) is 39.4 Å². The molecule has 0 aromatic heterocycles. The Bertz CT molecular complexity index is 351. The average molecular weight is 197 g/mol. The van der Waals surface area contributed by atoms with Gasteiger partial charge in [-0.25, -0.2) is 0 Å². The average Bonchev–Trinajstić information content (AvgIpc) is 2.17. The van der Waals surface area contributed by atoms with Crippen molar-refractivity contribution < 1.29 is 15.1 Å². The lowest BCUT2D eigenvalue weighted by Gasteiger charge is -2.10. The highest BCUT2D eigenvalue weighted by Crippen LogP contribution is 2.22. The summed E-state index contributed by atoms with van der Waals surface area (Å²) in [5.41, 5.74) is 1.02. The minimum atomic E-state index is -1.06. The molecule has 1 unspecified atom stereocenters. The van der Waals surface area contributed by atoms with Crippen LogP contribution in [-0.2, 0) is 0 Å². The Balaban J connectivity index is 3.14. The molecule has 0 heterocycles. The van der Waals surface area contributed by atoms with Gasteiger partial charge < -0.3 is 10.2 Å². The first-order valence-electron chi connectivity index (χ1n) is 4.10. The molecule has 5 heteroatoms. The van der Waals surface area contributed by atoms with Gasteiger partial charge in [0.05, 0.1) is 11.5 Å². The van der Waals surface area contributed by atoms with E-state index in [1.54, 1.807) is 13.0 Å². The van der Waals surface area contributed by atoms with Crippen molar-refractivity contribution in [1.82, 2.24) is 0 Å². The van der Waals surface area contributed by atoms with E-state index in [2.05, 4.69) is 0 Å². The second kappa shape index (κ2) is 4.17. The first-order valence-corrected chi connectivity index (χ1v) is 4.10. The van der Waals surface area contributed by atoms with Crippen molar-refractivity contribution >= 4 is 5.69 Å². The zero-order valence-electron chi connectivity index (χ0n) is 7.67. The number of nitro groups is 1. The highest BCUT2D eigenvalue weighted by Gasteiger charge is 2.14. The van der Waals surface area contributed by atoms with Gasteiger partial charge in [-0.05, 0) is 18.1 Å². The molecule has 0 saturated heterocycles. The Morgan fingerprint density at radius 1 is 1.57 bits per heavy atom. The first-order chi connectivity index (χ1) is 6.56. The molecule has 0 saturated carbocycles. The summed E-state index contributed by atoms with van der Waals surface area (Å²) in [5.74, 6) is 0. The van der Waals surface area contributed by atoms with Crippen molar-refractivity contribution in [2.45, 2.75) is 13.0 Å². The topological polar surface area (TPSA) is 83.6 Å². The SMILES string of the molecule is Cc1ccc([N+](=O)[O-])cc1C(O)CO. The van der Waals surface area contributed by atoms with Crippen LogP contribution in [0, 0.1) is 17.0 Å². The number of rotatable bonds is 3. The third-order valence-electron chi connectivity index (χ3n) is 2.01. The van der Waals surface area contributed by atoms with Crippen molar-refractivity contribution in [3.8, 4) is 0 Å². The van der Waals surface area contributed by atoms with Crippen LogP contribution >= 0.6 is 0 Å². The normalized spacial score (nSPS) is 12.5. The summed E-state index contributed by atoms with van der Waals surface area (Å²) in [5, 5.41) is 28.5. The van der Waals surface area contributed by atoms with Crippen LogP contribution < -0.4 is 0 Å². The molecule has 1 aromatic rings. The molecule has 0 fully saturated rings. The highest BCUT2D eigenvalue weighted by atomic mass is 16.6. The van der Waals surface area contributed by atoms with Crippen LogP contribution in [0.25, 0.3) is 0 Å². The van der Waals surface area contributed by atoms with Gasteiger partial charge in [-0.15, -0.1) is 0 Å². The Kier molecular flexibility index (Phi) is 3.16. The van der Waals surface area contributed by atoms with E-state index in [4.69, 9.17) is 5.11 Å². The van der Waals surface area contributed by atoms with Crippen LogP contribution in [-0.4, -0.2) is 21.7 Å². The zero-order valence-corrected chi connectivity index (χ0v) is 7.67. The quantitative estimate of drug-likeness (QED) is 0.557. The van der Waals surface area contributed by atoms with Gasteiger partial charge in [0.15, 0.2) is 0 Å². The minimum absolute atomic E-state index is 0.0851. The molecule has 14 heavy (non-hydrogen) atoms. The lowest BCUT2D eigenvalue weighted by molar-refractivity contribution is -0.385. The largest absolute Gasteiger partial charge is 0.393 e. The van der Waals surface area contributed by atoms with E-state index in [-0.39, 0.29) is 5.69 Å². The molecule has 76 valence electrons. The summed E-state index contributed by atoms with van der Waals surface area (Å²) >= 11 is 0. The summed E-state index contributed by atoms with van der Waals surface area (Å²) in [6.45, 7) is 1.28. The molecule has 1 atom stereocenters. The molecule has 0 radical (unpaired) electrons. The van der Waals surface area contributed by atoms with E-state index in [1.165, 1.54) is 12.1 Å². The van der Waals surface area contributed by atoms with Crippen molar-refractivity contribution in [2.75, 3.05) is 6.61 Å². The molecule has 0 aliphatic rings. The Hall–Kier alpha value is -1.46. The number of nitrogens with zero attached hydrogens (tertiary/aromatic N) is 1. The van der Waals surface area contributed by atoms with Crippen LogP contribution in [0.5, 0.6) is 0 Å². The summed E-state index contributed by atoms with van der Waals surface area (Å²) in [7, 11) is 0. The molecule has 2 N–H and O–H groups in total. The van der Waals surface area contributed by atoms with Crippen LogP contribution in [0.1, 0.15) is 17.2 Å². The molecular formula is C9H11NO4. The number of benzene rings is 1. The summed E-state index contributed by atoms with van der Waals surface area (Å²) in [6.07, 6.45) is -1.06. The third kappa shape index (κ3) is 2.07. The predicted octanol–water partition coefficient (Wildman–Crippen LogP) is 0.929.